The van der Waals surface area contributed by atoms with Crippen molar-refractivity contribution in [2.45, 2.75) is 18.6 Å². The Labute approximate surface area is 73.2 Å². The normalized spacial score (nSPS) is 28.8. The Morgan fingerprint density at radius 2 is 2.42 bits per heavy atom. The maximum absolute atomic E-state index is 9.19. The van der Waals surface area contributed by atoms with Crippen molar-refractivity contribution in [3.05, 3.63) is 0 Å². The Morgan fingerprint density at radius 1 is 1.67 bits per heavy atom. The van der Waals surface area contributed by atoms with Crippen molar-refractivity contribution in [1.29, 1.82) is 0 Å². The van der Waals surface area contributed by atoms with Crippen molar-refractivity contribution in [2.75, 3.05) is 33.3 Å². The molecule has 3 N–H and O–H groups in total. The number of piperazine rings is 1. The van der Waals surface area contributed by atoms with Gasteiger partial charge >= 0.3 is 0 Å². The molecule has 0 amide bonds. The van der Waals surface area contributed by atoms with Crippen LogP contribution in [0.1, 0.15) is 6.42 Å². The zero-order valence-corrected chi connectivity index (χ0v) is 7.53. The van der Waals surface area contributed by atoms with E-state index in [2.05, 4.69) is 17.3 Å². The summed E-state index contributed by atoms with van der Waals surface area (Å²) >= 11 is 0. The SMILES string of the molecule is CN1CCNC(CC(O)CO)C1. The van der Waals surface area contributed by atoms with Gasteiger partial charge in [-0.05, 0) is 13.5 Å². The third kappa shape index (κ3) is 3.06. The maximum Gasteiger partial charge on any atom is 0.0786 e. The highest BCUT2D eigenvalue weighted by Crippen LogP contribution is 2.03. The number of hydrogen-bond acceptors (Lipinski definition) is 4. The molecule has 1 rings (SSSR count). The smallest absolute Gasteiger partial charge is 0.0786 e. The van der Waals surface area contributed by atoms with E-state index in [1.807, 2.05) is 0 Å². The van der Waals surface area contributed by atoms with Gasteiger partial charge in [-0.25, -0.2) is 0 Å². The Morgan fingerprint density at radius 3 is 3.00 bits per heavy atom. The molecule has 1 fully saturated rings. The Bertz CT molecular complexity index is 132. The predicted octanol–water partition coefficient (Wildman–Crippen LogP) is -1.37. The van der Waals surface area contributed by atoms with Crippen LogP contribution >= 0.6 is 0 Å². The standard InChI is InChI=1S/C8H18N2O2/c1-10-3-2-9-7(5-10)4-8(12)6-11/h7-9,11-12H,2-6H2,1H3. The number of rotatable bonds is 3. The average molecular weight is 174 g/mol. The van der Waals surface area contributed by atoms with Gasteiger partial charge in [-0.15, -0.1) is 0 Å². The minimum Gasteiger partial charge on any atom is -0.394 e. The van der Waals surface area contributed by atoms with Crippen molar-refractivity contribution in [3.8, 4) is 0 Å². The number of hydrogen-bond donors (Lipinski definition) is 3. The first-order chi connectivity index (χ1) is 5.72. The molecule has 1 aliphatic rings. The lowest BCUT2D eigenvalue weighted by Gasteiger charge is -2.31. The highest BCUT2D eigenvalue weighted by atomic mass is 16.3. The largest absolute Gasteiger partial charge is 0.394 e. The molecule has 0 aromatic carbocycles. The van der Waals surface area contributed by atoms with Crippen molar-refractivity contribution >= 4 is 0 Å². The molecule has 0 saturated carbocycles. The zero-order valence-electron chi connectivity index (χ0n) is 7.53. The minimum atomic E-state index is -0.575. The molecule has 2 unspecified atom stereocenters. The molecule has 0 radical (unpaired) electrons. The number of nitrogens with one attached hydrogen (secondary N) is 1. The molecule has 1 saturated heterocycles. The van der Waals surface area contributed by atoms with Crippen LogP contribution in [0.25, 0.3) is 0 Å². The van der Waals surface area contributed by atoms with Crippen LogP contribution in [0.3, 0.4) is 0 Å². The van der Waals surface area contributed by atoms with Gasteiger partial charge < -0.3 is 20.4 Å². The fourth-order valence-electron chi connectivity index (χ4n) is 1.55. The van der Waals surface area contributed by atoms with Gasteiger partial charge in [0.05, 0.1) is 12.7 Å². The molecule has 0 aromatic rings. The molecule has 4 nitrogen and oxygen atoms in total. The second-order valence-electron chi connectivity index (χ2n) is 3.49. The molecular formula is C8H18N2O2. The summed E-state index contributed by atoms with van der Waals surface area (Å²) in [4.78, 5) is 2.23. The summed E-state index contributed by atoms with van der Waals surface area (Å²) < 4.78 is 0. The van der Waals surface area contributed by atoms with Gasteiger partial charge in [0.1, 0.15) is 0 Å². The van der Waals surface area contributed by atoms with Crippen LogP contribution in [0.5, 0.6) is 0 Å². The van der Waals surface area contributed by atoms with Crippen molar-refractivity contribution in [3.63, 3.8) is 0 Å². The Kier molecular flexibility index (Phi) is 3.94. The second kappa shape index (κ2) is 4.77. The number of likely N-dealkylation sites (N-methyl/N-ethyl adjacent to an activating group) is 1. The Hall–Kier alpha value is -0.160. The topological polar surface area (TPSA) is 55.7 Å². The summed E-state index contributed by atoms with van der Waals surface area (Å²) in [5.74, 6) is 0. The van der Waals surface area contributed by atoms with Crippen LogP contribution in [0.2, 0.25) is 0 Å². The van der Waals surface area contributed by atoms with Crippen molar-refractivity contribution in [2.24, 2.45) is 0 Å². The quantitative estimate of drug-likeness (QED) is 0.494. The molecular weight excluding hydrogens is 156 g/mol. The summed E-state index contributed by atoms with van der Waals surface area (Å²) in [6, 6.07) is 0.325. The minimum absolute atomic E-state index is 0.137. The first-order valence-corrected chi connectivity index (χ1v) is 4.43. The average Bonchev–Trinajstić information content (AvgIpc) is 2.04. The maximum atomic E-state index is 9.19. The van der Waals surface area contributed by atoms with E-state index in [0.29, 0.717) is 12.5 Å². The Balaban J connectivity index is 2.22. The molecule has 12 heavy (non-hydrogen) atoms. The molecule has 0 aromatic heterocycles. The van der Waals surface area contributed by atoms with Gasteiger partial charge in [-0.1, -0.05) is 0 Å². The lowest BCUT2D eigenvalue weighted by atomic mass is 10.1. The van der Waals surface area contributed by atoms with E-state index in [4.69, 9.17) is 5.11 Å². The summed E-state index contributed by atoms with van der Waals surface area (Å²) in [6.45, 7) is 2.85. The van der Waals surface area contributed by atoms with E-state index < -0.39 is 6.10 Å². The van der Waals surface area contributed by atoms with Crippen LogP contribution in [-0.2, 0) is 0 Å². The molecule has 2 atom stereocenters. The molecule has 1 aliphatic heterocycles. The lowest BCUT2D eigenvalue weighted by molar-refractivity contribution is 0.0702. The fraction of sp³-hybridized carbons (Fsp3) is 1.00. The first-order valence-electron chi connectivity index (χ1n) is 4.43. The molecule has 4 heteroatoms. The third-order valence-corrected chi connectivity index (χ3v) is 2.23. The van der Waals surface area contributed by atoms with Gasteiger partial charge in [-0.2, -0.15) is 0 Å². The van der Waals surface area contributed by atoms with Crippen molar-refractivity contribution < 1.29 is 10.2 Å². The zero-order chi connectivity index (χ0) is 8.97. The first kappa shape index (κ1) is 9.92. The molecule has 0 spiro atoms. The van der Waals surface area contributed by atoms with E-state index in [1.165, 1.54) is 0 Å². The van der Waals surface area contributed by atoms with Gasteiger partial charge in [0, 0.05) is 25.7 Å². The van der Waals surface area contributed by atoms with Gasteiger partial charge in [0.15, 0.2) is 0 Å². The number of aliphatic hydroxyl groups excluding tert-OH is 2. The van der Waals surface area contributed by atoms with Gasteiger partial charge in [-0.3, -0.25) is 0 Å². The number of aliphatic hydroxyl groups is 2. The van der Waals surface area contributed by atoms with E-state index in [9.17, 15) is 5.11 Å². The van der Waals surface area contributed by atoms with Crippen LogP contribution in [-0.4, -0.2) is 60.5 Å². The third-order valence-electron chi connectivity index (χ3n) is 2.23. The van der Waals surface area contributed by atoms with Gasteiger partial charge in [0.25, 0.3) is 0 Å². The summed E-state index contributed by atoms with van der Waals surface area (Å²) in [5.41, 5.74) is 0. The highest BCUT2D eigenvalue weighted by molar-refractivity contribution is 4.78. The van der Waals surface area contributed by atoms with Crippen LogP contribution < -0.4 is 5.32 Å². The van der Waals surface area contributed by atoms with Crippen LogP contribution in [0.4, 0.5) is 0 Å². The predicted molar refractivity (Wildman–Crippen MR) is 47.0 cm³/mol. The number of nitrogens with zero attached hydrogens (tertiary/aromatic N) is 1. The molecule has 0 aliphatic carbocycles. The van der Waals surface area contributed by atoms with E-state index in [0.717, 1.165) is 19.6 Å². The second-order valence-corrected chi connectivity index (χ2v) is 3.49. The van der Waals surface area contributed by atoms with E-state index in [1.54, 1.807) is 0 Å². The molecule has 72 valence electrons. The highest BCUT2D eigenvalue weighted by Gasteiger charge is 2.18. The van der Waals surface area contributed by atoms with Crippen LogP contribution in [0.15, 0.2) is 0 Å². The lowest BCUT2D eigenvalue weighted by Crippen LogP contribution is -2.50. The van der Waals surface area contributed by atoms with E-state index in [-0.39, 0.29) is 6.61 Å². The fourth-order valence-corrected chi connectivity index (χ4v) is 1.55. The summed E-state index contributed by atoms with van der Waals surface area (Å²) in [6.07, 6.45) is 0.0647. The van der Waals surface area contributed by atoms with Crippen LogP contribution in [0, 0.1) is 0 Å². The molecule has 0 bridgehead atoms. The van der Waals surface area contributed by atoms with Crippen molar-refractivity contribution in [1.82, 2.24) is 10.2 Å². The summed E-state index contributed by atoms with van der Waals surface area (Å²) in [5, 5.41) is 21.1. The summed E-state index contributed by atoms with van der Waals surface area (Å²) in [7, 11) is 2.07. The monoisotopic (exact) mass is 174 g/mol. The van der Waals surface area contributed by atoms with E-state index >= 15 is 0 Å². The molecule has 1 heterocycles. The van der Waals surface area contributed by atoms with Gasteiger partial charge in [0.2, 0.25) is 0 Å².